The van der Waals surface area contributed by atoms with E-state index < -0.39 is 0 Å². The van der Waals surface area contributed by atoms with Crippen LogP contribution < -0.4 is 16.8 Å². The first-order chi connectivity index (χ1) is 11.8. The number of fused-ring (bicyclic) bond motifs is 2. The van der Waals surface area contributed by atoms with Gasteiger partial charge in [0.2, 0.25) is 0 Å². The number of nitrogens with one attached hydrogen (secondary N) is 1. The topological polar surface area (TPSA) is 125 Å². The molecule has 24 heavy (non-hydrogen) atoms. The maximum Gasteiger partial charge on any atom is 0.198 e. The second-order valence-corrected chi connectivity index (χ2v) is 5.60. The van der Waals surface area contributed by atoms with E-state index >= 15 is 0 Å². The van der Waals surface area contributed by atoms with Crippen molar-refractivity contribution in [3.63, 3.8) is 0 Å². The molecule has 4 rings (SSSR count). The van der Waals surface area contributed by atoms with Crippen LogP contribution in [-0.2, 0) is 6.54 Å². The lowest BCUT2D eigenvalue weighted by Gasteiger charge is -2.17. The monoisotopic (exact) mass is 323 g/mol. The van der Waals surface area contributed by atoms with Gasteiger partial charge in [0.1, 0.15) is 5.69 Å². The molecular formula is C16H17N7O. The van der Waals surface area contributed by atoms with Gasteiger partial charge in [-0.3, -0.25) is 9.48 Å². The number of anilines is 1. The fourth-order valence-electron chi connectivity index (χ4n) is 3.17. The van der Waals surface area contributed by atoms with Crippen LogP contribution in [0.2, 0.25) is 0 Å². The number of hydrogen-bond acceptors (Lipinski definition) is 7. The normalized spacial score (nSPS) is 12.5. The van der Waals surface area contributed by atoms with Crippen LogP contribution >= 0.6 is 0 Å². The second-order valence-electron chi connectivity index (χ2n) is 5.60. The largest absolute Gasteiger partial charge is 0.383 e. The lowest BCUT2D eigenvalue weighted by Crippen LogP contribution is -2.17. The van der Waals surface area contributed by atoms with Crippen molar-refractivity contribution >= 4 is 22.4 Å². The molecule has 122 valence electrons. The Morgan fingerprint density at radius 2 is 1.88 bits per heavy atom. The van der Waals surface area contributed by atoms with Crippen molar-refractivity contribution in [2.24, 2.45) is 11.5 Å². The molecule has 0 unspecified atom stereocenters. The highest BCUT2D eigenvalue weighted by molar-refractivity contribution is 6.27. The summed E-state index contributed by atoms with van der Waals surface area (Å²) in [5.74, 6) is -0.0789. The second kappa shape index (κ2) is 5.66. The summed E-state index contributed by atoms with van der Waals surface area (Å²) in [6.07, 6.45) is 3.08. The molecule has 8 nitrogen and oxygen atoms in total. The maximum atomic E-state index is 13.0. The summed E-state index contributed by atoms with van der Waals surface area (Å²) in [6.45, 7) is 2.11. The Hall–Kier alpha value is -2.84. The molecule has 5 N–H and O–H groups in total. The summed E-state index contributed by atoms with van der Waals surface area (Å²) in [6, 6.07) is 3.85. The minimum Gasteiger partial charge on any atom is -0.383 e. The molecule has 1 aliphatic rings. The van der Waals surface area contributed by atoms with Crippen molar-refractivity contribution in [2.75, 3.05) is 25.0 Å². The predicted molar refractivity (Wildman–Crippen MR) is 90.8 cm³/mol. The van der Waals surface area contributed by atoms with Crippen LogP contribution in [0.25, 0.3) is 22.2 Å². The van der Waals surface area contributed by atoms with Gasteiger partial charge in [0.25, 0.3) is 0 Å². The summed E-state index contributed by atoms with van der Waals surface area (Å²) in [4.78, 5) is 13.0. The molecule has 3 aromatic rings. The van der Waals surface area contributed by atoms with Crippen molar-refractivity contribution in [3.05, 3.63) is 35.7 Å². The van der Waals surface area contributed by atoms with Crippen molar-refractivity contribution in [1.82, 2.24) is 20.0 Å². The van der Waals surface area contributed by atoms with E-state index in [1.807, 2.05) is 16.8 Å². The molecule has 8 heteroatoms. The van der Waals surface area contributed by atoms with E-state index in [0.717, 1.165) is 22.3 Å². The zero-order valence-electron chi connectivity index (χ0n) is 13.0. The molecule has 1 aliphatic carbocycles. The smallest absolute Gasteiger partial charge is 0.198 e. The Balaban J connectivity index is 2.05. The third-order valence-corrected chi connectivity index (χ3v) is 4.18. The average Bonchev–Trinajstić information content (AvgIpc) is 2.97. The molecule has 0 saturated carbocycles. The van der Waals surface area contributed by atoms with Gasteiger partial charge in [-0.2, -0.15) is 15.3 Å². The lowest BCUT2D eigenvalue weighted by molar-refractivity contribution is 0.104. The van der Waals surface area contributed by atoms with Crippen molar-refractivity contribution in [2.45, 2.75) is 6.54 Å². The Morgan fingerprint density at radius 1 is 1.08 bits per heavy atom. The summed E-state index contributed by atoms with van der Waals surface area (Å²) in [5.41, 5.74) is 15.5. The van der Waals surface area contributed by atoms with Crippen LogP contribution in [0.3, 0.4) is 0 Å². The molecule has 2 aromatic heterocycles. The minimum absolute atomic E-state index is 0.0789. The number of aromatic nitrogens is 4. The summed E-state index contributed by atoms with van der Waals surface area (Å²) in [5, 5.41) is 16.5. The molecule has 0 radical (unpaired) electrons. The van der Waals surface area contributed by atoms with Crippen molar-refractivity contribution in [3.8, 4) is 11.3 Å². The average molecular weight is 323 g/mol. The number of benzene rings is 1. The molecule has 0 atom stereocenters. The van der Waals surface area contributed by atoms with Gasteiger partial charge in [0.15, 0.2) is 5.78 Å². The molecule has 0 fully saturated rings. The van der Waals surface area contributed by atoms with E-state index in [2.05, 4.69) is 20.6 Å². The first-order valence-corrected chi connectivity index (χ1v) is 7.79. The Bertz CT molecular complexity index is 947. The molecule has 0 saturated heterocycles. The highest BCUT2D eigenvalue weighted by atomic mass is 16.1. The Kier molecular flexibility index (Phi) is 3.47. The standard InChI is InChI=1S/C16H17N7O/c17-3-5-19-11-1-2-12-14-13(11)16(24)10-8-21-20-7-9(10)15(14)22-23(12)6-4-18/h1-2,7-8,19H,3-6,17-18H2. The number of nitrogens with zero attached hydrogens (tertiary/aromatic N) is 4. The molecule has 2 heterocycles. The van der Waals surface area contributed by atoms with Crippen molar-refractivity contribution in [1.29, 1.82) is 0 Å². The van der Waals surface area contributed by atoms with Crippen LogP contribution in [0.1, 0.15) is 15.9 Å². The number of carbonyl (C=O) groups is 1. The number of nitrogens with two attached hydrogens (primary N) is 2. The Labute approximate surface area is 137 Å². The van der Waals surface area contributed by atoms with Gasteiger partial charge >= 0.3 is 0 Å². The van der Waals surface area contributed by atoms with Gasteiger partial charge in [-0.1, -0.05) is 0 Å². The van der Waals surface area contributed by atoms with E-state index in [-0.39, 0.29) is 5.78 Å². The third-order valence-electron chi connectivity index (χ3n) is 4.18. The van der Waals surface area contributed by atoms with Gasteiger partial charge in [0, 0.05) is 36.3 Å². The van der Waals surface area contributed by atoms with Crippen LogP contribution in [0, 0.1) is 0 Å². The highest BCUT2D eigenvalue weighted by Gasteiger charge is 2.31. The molecular weight excluding hydrogens is 306 g/mol. The maximum absolute atomic E-state index is 13.0. The summed E-state index contributed by atoms with van der Waals surface area (Å²) < 4.78 is 1.84. The first-order valence-electron chi connectivity index (χ1n) is 7.79. The van der Waals surface area contributed by atoms with Gasteiger partial charge in [-0.15, -0.1) is 0 Å². The summed E-state index contributed by atoms with van der Waals surface area (Å²) in [7, 11) is 0. The van der Waals surface area contributed by atoms with Gasteiger partial charge in [-0.05, 0) is 12.1 Å². The highest BCUT2D eigenvalue weighted by Crippen LogP contribution is 2.41. The fraction of sp³-hybridized carbons (Fsp3) is 0.250. The SMILES string of the molecule is NCCNc1ccc2c3c(nn2CCN)-c2cnncc2C(=O)c13. The van der Waals surface area contributed by atoms with E-state index in [4.69, 9.17) is 11.5 Å². The number of carbonyl (C=O) groups excluding carboxylic acids is 1. The first kappa shape index (κ1) is 14.7. The zero-order chi connectivity index (χ0) is 16.7. The van der Waals surface area contributed by atoms with E-state index in [0.29, 0.717) is 42.9 Å². The van der Waals surface area contributed by atoms with E-state index in [1.54, 1.807) is 6.20 Å². The predicted octanol–water partition coefficient (Wildman–Crippen LogP) is 0.367. The lowest BCUT2D eigenvalue weighted by atomic mass is 9.88. The van der Waals surface area contributed by atoms with Crippen LogP contribution in [0.5, 0.6) is 0 Å². The molecule has 0 spiro atoms. The molecule has 0 bridgehead atoms. The minimum atomic E-state index is -0.0789. The number of ketones is 1. The Morgan fingerprint density at radius 3 is 2.62 bits per heavy atom. The van der Waals surface area contributed by atoms with Gasteiger partial charge in [0.05, 0.1) is 35.6 Å². The quantitative estimate of drug-likeness (QED) is 0.484. The van der Waals surface area contributed by atoms with Crippen LogP contribution in [0.15, 0.2) is 24.5 Å². The summed E-state index contributed by atoms with van der Waals surface area (Å²) >= 11 is 0. The van der Waals surface area contributed by atoms with Gasteiger partial charge < -0.3 is 16.8 Å². The fourth-order valence-corrected chi connectivity index (χ4v) is 3.17. The van der Waals surface area contributed by atoms with Gasteiger partial charge in [-0.25, -0.2) is 0 Å². The van der Waals surface area contributed by atoms with Crippen LogP contribution in [-0.4, -0.2) is 45.4 Å². The molecule has 0 aliphatic heterocycles. The molecule has 0 amide bonds. The van der Waals surface area contributed by atoms with E-state index in [1.165, 1.54) is 6.20 Å². The molecule has 1 aromatic carbocycles. The van der Waals surface area contributed by atoms with Crippen LogP contribution in [0.4, 0.5) is 5.69 Å². The number of hydrogen-bond donors (Lipinski definition) is 3. The zero-order valence-corrected chi connectivity index (χ0v) is 13.0. The number of rotatable bonds is 5. The van der Waals surface area contributed by atoms with Crippen molar-refractivity contribution < 1.29 is 4.79 Å². The third kappa shape index (κ3) is 2.00. The van der Waals surface area contributed by atoms with E-state index in [9.17, 15) is 4.79 Å².